The molecule has 9 nitrogen and oxygen atoms in total. The van der Waals surface area contributed by atoms with Crippen molar-refractivity contribution in [2.75, 3.05) is 26.8 Å². The summed E-state index contributed by atoms with van der Waals surface area (Å²) in [5.74, 6) is 1.41. The molecule has 1 aromatic carbocycles. The van der Waals surface area contributed by atoms with Crippen molar-refractivity contribution >= 4 is 28.5 Å². The largest absolute Gasteiger partial charge is 0.480 e. The van der Waals surface area contributed by atoms with Crippen LogP contribution in [0.2, 0.25) is 5.02 Å². The van der Waals surface area contributed by atoms with E-state index in [2.05, 4.69) is 14.5 Å². The lowest BCUT2D eigenvalue weighted by Crippen LogP contribution is -2.35. The number of hydrogen-bond donors (Lipinski definition) is 1. The molecular weight excluding hydrogens is 547 g/mol. The topological polar surface area (TPSA) is 98.4 Å². The van der Waals surface area contributed by atoms with Crippen molar-refractivity contribution in [1.29, 1.82) is 5.41 Å². The van der Waals surface area contributed by atoms with Gasteiger partial charge in [-0.05, 0) is 56.6 Å². The summed E-state index contributed by atoms with van der Waals surface area (Å²) in [6.07, 6.45) is 4.93. The minimum Gasteiger partial charge on any atom is -0.480 e. The summed E-state index contributed by atoms with van der Waals surface area (Å²) in [6.45, 7) is 4.17. The molecule has 0 saturated carbocycles. The van der Waals surface area contributed by atoms with Gasteiger partial charge >= 0.3 is 0 Å². The Morgan fingerprint density at radius 2 is 1.98 bits per heavy atom. The van der Waals surface area contributed by atoms with Crippen molar-refractivity contribution in [3.63, 3.8) is 0 Å². The van der Waals surface area contributed by atoms with Gasteiger partial charge in [-0.1, -0.05) is 23.7 Å². The number of methoxy groups -OCH3 is 1. The van der Waals surface area contributed by atoms with Crippen molar-refractivity contribution in [3.05, 3.63) is 82.3 Å². The minimum absolute atomic E-state index is 0.0209. The maximum Gasteiger partial charge on any atom is 0.232 e. The number of aromatic nitrogens is 4. The molecule has 2 fully saturated rings. The minimum atomic E-state index is -0.388. The lowest BCUT2D eigenvalue weighted by atomic mass is 9.93. The normalized spacial score (nSPS) is 17.9. The zero-order valence-corrected chi connectivity index (χ0v) is 23.6. The predicted molar refractivity (Wildman–Crippen MR) is 153 cm³/mol. The first-order valence-corrected chi connectivity index (χ1v) is 14.2. The highest BCUT2D eigenvalue weighted by atomic mass is 35.5. The maximum atomic E-state index is 14.1. The number of likely N-dealkylation sites (tertiary alicyclic amines) is 1. The first-order valence-electron chi connectivity index (χ1n) is 13.8. The Labute approximate surface area is 242 Å². The molecule has 4 aromatic rings. The van der Waals surface area contributed by atoms with Gasteiger partial charge in [0.2, 0.25) is 11.8 Å². The van der Waals surface area contributed by atoms with Gasteiger partial charge in [0.25, 0.3) is 0 Å². The highest BCUT2D eigenvalue weighted by Crippen LogP contribution is 2.30. The Bertz CT molecular complexity index is 1550. The Morgan fingerprint density at radius 3 is 2.71 bits per heavy atom. The van der Waals surface area contributed by atoms with Gasteiger partial charge in [-0.15, -0.1) is 0 Å². The number of pyridine rings is 2. The van der Waals surface area contributed by atoms with Crippen LogP contribution in [0.1, 0.15) is 48.0 Å². The predicted octanol–water partition coefficient (Wildman–Crippen LogP) is 5.34. The van der Waals surface area contributed by atoms with Crippen LogP contribution in [0, 0.1) is 11.2 Å². The van der Waals surface area contributed by atoms with Crippen molar-refractivity contribution in [2.45, 2.75) is 51.0 Å². The van der Waals surface area contributed by atoms with Gasteiger partial charge in [-0.3, -0.25) is 10.3 Å². The van der Waals surface area contributed by atoms with E-state index in [-0.39, 0.29) is 24.4 Å². The Balaban J connectivity index is 1.11. The second-order valence-electron chi connectivity index (χ2n) is 10.5. The number of piperidine rings is 1. The fraction of sp³-hybridized carbons (Fsp3) is 0.400. The van der Waals surface area contributed by atoms with Gasteiger partial charge in [-0.25, -0.2) is 19.3 Å². The summed E-state index contributed by atoms with van der Waals surface area (Å²) in [5, 5.41) is 8.33. The van der Waals surface area contributed by atoms with Gasteiger partial charge in [-0.2, -0.15) is 0 Å². The summed E-state index contributed by atoms with van der Waals surface area (Å²) < 4.78 is 32.9. The Hall–Kier alpha value is -3.60. The third-order valence-corrected chi connectivity index (χ3v) is 8.07. The van der Waals surface area contributed by atoms with E-state index < -0.39 is 0 Å². The average molecular weight is 579 g/mol. The first kappa shape index (κ1) is 27.6. The van der Waals surface area contributed by atoms with E-state index in [9.17, 15) is 4.39 Å². The van der Waals surface area contributed by atoms with Crippen molar-refractivity contribution < 1.29 is 18.6 Å². The molecule has 0 unspecified atom stereocenters. The lowest BCUT2D eigenvalue weighted by Gasteiger charge is -2.32. The molecule has 0 spiro atoms. The molecule has 2 aliphatic heterocycles. The van der Waals surface area contributed by atoms with Gasteiger partial charge in [0.1, 0.15) is 23.9 Å². The number of rotatable bonds is 9. The van der Waals surface area contributed by atoms with E-state index in [1.807, 2.05) is 18.2 Å². The molecule has 0 radical (unpaired) electrons. The quantitative estimate of drug-likeness (QED) is 0.211. The van der Waals surface area contributed by atoms with Crippen molar-refractivity contribution in [1.82, 2.24) is 24.4 Å². The number of hydrogen-bond acceptors (Lipinski definition) is 8. The molecule has 0 amide bonds. The number of halogens is 2. The molecule has 1 N–H and O–H groups in total. The summed E-state index contributed by atoms with van der Waals surface area (Å²) in [4.78, 5) is 16.5. The number of ether oxygens (including phenoxy) is 3. The fourth-order valence-corrected chi connectivity index (χ4v) is 5.53. The smallest absolute Gasteiger partial charge is 0.232 e. The van der Waals surface area contributed by atoms with E-state index >= 15 is 0 Å². The van der Waals surface area contributed by atoms with E-state index in [0.717, 1.165) is 68.1 Å². The first-order chi connectivity index (χ1) is 20.0. The van der Waals surface area contributed by atoms with Crippen LogP contribution in [0.15, 0.2) is 48.7 Å². The van der Waals surface area contributed by atoms with Crippen LogP contribution in [0.4, 0.5) is 4.39 Å². The summed E-state index contributed by atoms with van der Waals surface area (Å²) in [5.41, 5.74) is 3.65. The average Bonchev–Trinajstić information content (AvgIpc) is 3.30. The van der Waals surface area contributed by atoms with Crippen LogP contribution in [0.3, 0.4) is 0 Å². The molecular formula is C30H32ClFN6O3. The van der Waals surface area contributed by atoms with Crippen LogP contribution < -0.4 is 4.74 Å². The molecule has 1 atom stereocenters. The molecule has 214 valence electrons. The molecule has 41 heavy (non-hydrogen) atoms. The zero-order valence-electron chi connectivity index (χ0n) is 22.9. The second kappa shape index (κ2) is 12.1. The molecule has 11 heteroatoms. The SMILES string of the molecule is COC(=N)c1cc2nc(CN3CCC(c4cccc(OCc5ccc(Cl)cc5F)n4)CC3)n(C[C@@H]3CCO3)c2cn1. The third-order valence-electron chi connectivity index (χ3n) is 7.84. The third kappa shape index (κ3) is 6.19. The van der Waals surface area contributed by atoms with Gasteiger partial charge < -0.3 is 18.8 Å². The monoisotopic (exact) mass is 578 g/mol. The molecule has 2 saturated heterocycles. The maximum absolute atomic E-state index is 14.1. The van der Waals surface area contributed by atoms with Crippen LogP contribution in [-0.4, -0.2) is 63.2 Å². The highest BCUT2D eigenvalue weighted by molar-refractivity contribution is 6.30. The number of benzene rings is 1. The molecule has 0 bridgehead atoms. The molecule has 3 aromatic heterocycles. The number of imidazole rings is 1. The number of nitrogens with one attached hydrogen (secondary N) is 1. The molecule has 2 aliphatic rings. The van der Waals surface area contributed by atoms with Crippen LogP contribution >= 0.6 is 11.6 Å². The van der Waals surface area contributed by atoms with E-state index in [1.54, 1.807) is 24.4 Å². The Kier molecular flexibility index (Phi) is 8.13. The summed E-state index contributed by atoms with van der Waals surface area (Å²) in [6, 6.07) is 12.2. The van der Waals surface area contributed by atoms with E-state index in [4.69, 9.17) is 41.2 Å². The van der Waals surface area contributed by atoms with Crippen LogP contribution in [0.25, 0.3) is 11.0 Å². The Morgan fingerprint density at radius 1 is 1.15 bits per heavy atom. The van der Waals surface area contributed by atoms with Gasteiger partial charge in [0.05, 0.1) is 43.5 Å². The lowest BCUT2D eigenvalue weighted by molar-refractivity contribution is -0.0592. The summed E-state index contributed by atoms with van der Waals surface area (Å²) >= 11 is 5.85. The molecule has 0 aliphatic carbocycles. The highest BCUT2D eigenvalue weighted by Gasteiger charge is 2.26. The second-order valence-corrected chi connectivity index (χ2v) is 10.9. The van der Waals surface area contributed by atoms with Crippen molar-refractivity contribution in [3.8, 4) is 5.88 Å². The zero-order chi connectivity index (χ0) is 28.3. The van der Waals surface area contributed by atoms with Gasteiger partial charge in [0.15, 0.2) is 0 Å². The number of nitrogens with zero attached hydrogens (tertiary/aromatic N) is 5. The number of fused-ring (bicyclic) bond motifs is 1. The van der Waals surface area contributed by atoms with Crippen molar-refractivity contribution in [2.24, 2.45) is 0 Å². The van der Waals surface area contributed by atoms with E-state index in [1.165, 1.54) is 13.2 Å². The van der Waals surface area contributed by atoms with E-state index in [0.29, 0.717) is 34.6 Å². The summed E-state index contributed by atoms with van der Waals surface area (Å²) in [7, 11) is 1.47. The van der Waals surface area contributed by atoms with Crippen LogP contribution in [0.5, 0.6) is 5.88 Å². The van der Waals surface area contributed by atoms with Crippen LogP contribution in [-0.2, 0) is 29.2 Å². The molecule has 6 rings (SSSR count). The standard InChI is InChI=1S/C30H32ClFN6O3/c1-39-30(33)26-14-25-27(15-34-26)38(16-22-9-12-40-22)28(35-25)17-37-10-7-19(8-11-37)24-3-2-4-29(36-24)41-18-20-5-6-21(31)13-23(20)32/h2-6,13-15,19,22,33H,7-12,16-18H2,1H3/t22-/m0/s1. The molecule has 5 heterocycles. The van der Waals surface area contributed by atoms with Gasteiger partial charge in [0, 0.05) is 34.9 Å². The fourth-order valence-electron chi connectivity index (χ4n) is 5.37.